The van der Waals surface area contributed by atoms with Gasteiger partial charge in [0.2, 0.25) is 5.95 Å². The Balaban J connectivity index is 2.85. The minimum absolute atomic E-state index is 0.318. The molecule has 0 bridgehead atoms. The molecular formula is C8H14N4. The van der Waals surface area contributed by atoms with Crippen molar-refractivity contribution in [3.05, 3.63) is 11.6 Å². The Morgan fingerprint density at radius 1 is 1.25 bits per heavy atom. The molecule has 4 nitrogen and oxygen atoms in total. The predicted molar refractivity (Wildman–Crippen MR) is 47.5 cm³/mol. The summed E-state index contributed by atoms with van der Waals surface area (Å²) < 4.78 is 0. The van der Waals surface area contributed by atoms with E-state index in [0.29, 0.717) is 17.7 Å². The molecule has 0 amide bonds. The second kappa shape index (κ2) is 3.47. The lowest BCUT2D eigenvalue weighted by atomic mass is 10.1. The number of aryl methyl sites for hydroxylation is 1. The van der Waals surface area contributed by atoms with Crippen molar-refractivity contribution in [2.24, 2.45) is 5.92 Å². The summed E-state index contributed by atoms with van der Waals surface area (Å²) in [5.41, 5.74) is 5.47. The van der Waals surface area contributed by atoms with Crippen molar-refractivity contribution in [3.8, 4) is 0 Å². The van der Waals surface area contributed by atoms with Gasteiger partial charge in [0.15, 0.2) is 0 Å². The van der Waals surface area contributed by atoms with Gasteiger partial charge >= 0.3 is 0 Å². The van der Waals surface area contributed by atoms with E-state index in [9.17, 15) is 0 Å². The lowest BCUT2D eigenvalue weighted by Gasteiger charge is -2.03. The molecule has 0 aliphatic rings. The highest BCUT2D eigenvalue weighted by molar-refractivity contribution is 5.15. The third-order valence-corrected chi connectivity index (χ3v) is 1.40. The zero-order chi connectivity index (χ0) is 9.14. The van der Waals surface area contributed by atoms with Crippen LogP contribution in [0.3, 0.4) is 0 Å². The van der Waals surface area contributed by atoms with Crippen molar-refractivity contribution in [1.29, 1.82) is 0 Å². The topological polar surface area (TPSA) is 64.7 Å². The number of nitrogens with two attached hydrogens (primary N) is 1. The van der Waals surface area contributed by atoms with E-state index in [1.807, 2.05) is 6.92 Å². The van der Waals surface area contributed by atoms with Crippen molar-refractivity contribution < 1.29 is 0 Å². The van der Waals surface area contributed by atoms with E-state index in [2.05, 4.69) is 28.8 Å². The van der Waals surface area contributed by atoms with Crippen molar-refractivity contribution in [2.75, 3.05) is 5.73 Å². The molecule has 66 valence electrons. The van der Waals surface area contributed by atoms with Crippen LogP contribution >= 0.6 is 0 Å². The van der Waals surface area contributed by atoms with Crippen LogP contribution in [0.1, 0.15) is 25.5 Å². The molecule has 0 fully saturated rings. The lowest BCUT2D eigenvalue weighted by Crippen LogP contribution is -2.07. The van der Waals surface area contributed by atoms with Gasteiger partial charge in [0.25, 0.3) is 0 Å². The largest absolute Gasteiger partial charge is 0.368 e. The highest BCUT2D eigenvalue weighted by Crippen LogP contribution is 2.03. The van der Waals surface area contributed by atoms with Gasteiger partial charge in [-0.3, -0.25) is 0 Å². The minimum atomic E-state index is 0.318. The van der Waals surface area contributed by atoms with E-state index in [1.165, 1.54) is 0 Å². The SMILES string of the molecule is Cc1nc(N)nc(CC(C)C)n1. The van der Waals surface area contributed by atoms with Crippen LogP contribution in [0.4, 0.5) is 5.95 Å². The first-order valence-electron chi connectivity index (χ1n) is 4.05. The molecule has 2 N–H and O–H groups in total. The van der Waals surface area contributed by atoms with Gasteiger partial charge < -0.3 is 5.73 Å². The Morgan fingerprint density at radius 2 is 1.92 bits per heavy atom. The Labute approximate surface area is 72.3 Å². The monoisotopic (exact) mass is 166 g/mol. The second-order valence-electron chi connectivity index (χ2n) is 3.26. The van der Waals surface area contributed by atoms with Crippen molar-refractivity contribution in [3.63, 3.8) is 0 Å². The first-order valence-corrected chi connectivity index (χ1v) is 4.05. The summed E-state index contributed by atoms with van der Waals surface area (Å²) in [5, 5.41) is 0. The number of anilines is 1. The van der Waals surface area contributed by atoms with Crippen LogP contribution in [0, 0.1) is 12.8 Å². The van der Waals surface area contributed by atoms with Gasteiger partial charge in [-0.2, -0.15) is 9.97 Å². The quantitative estimate of drug-likeness (QED) is 0.710. The maximum Gasteiger partial charge on any atom is 0.223 e. The Bertz CT molecular complexity index is 250. The van der Waals surface area contributed by atoms with Crippen LogP contribution in [-0.2, 0) is 6.42 Å². The minimum Gasteiger partial charge on any atom is -0.368 e. The van der Waals surface area contributed by atoms with E-state index in [4.69, 9.17) is 5.73 Å². The van der Waals surface area contributed by atoms with Gasteiger partial charge in [-0.05, 0) is 12.8 Å². The van der Waals surface area contributed by atoms with Crippen molar-refractivity contribution in [2.45, 2.75) is 27.2 Å². The third kappa shape index (κ3) is 2.45. The molecule has 1 aromatic heterocycles. The normalized spacial score (nSPS) is 10.7. The van der Waals surface area contributed by atoms with Crippen molar-refractivity contribution in [1.82, 2.24) is 15.0 Å². The fraction of sp³-hybridized carbons (Fsp3) is 0.625. The molecule has 0 atom stereocenters. The molecule has 0 saturated carbocycles. The first-order chi connectivity index (χ1) is 5.58. The zero-order valence-electron chi connectivity index (χ0n) is 7.70. The molecule has 4 heteroatoms. The van der Waals surface area contributed by atoms with Crippen LogP contribution in [0.5, 0.6) is 0 Å². The standard InChI is InChI=1S/C8H14N4/c1-5(2)4-7-10-6(3)11-8(9)12-7/h5H,4H2,1-3H3,(H2,9,10,11,12). The van der Waals surface area contributed by atoms with Crippen molar-refractivity contribution >= 4 is 5.95 Å². The van der Waals surface area contributed by atoms with Gasteiger partial charge in [0.05, 0.1) is 0 Å². The molecule has 12 heavy (non-hydrogen) atoms. The predicted octanol–water partition coefficient (Wildman–Crippen LogP) is 0.961. The van der Waals surface area contributed by atoms with E-state index in [1.54, 1.807) is 0 Å². The summed E-state index contributed by atoms with van der Waals surface area (Å²) in [6.45, 7) is 6.06. The average molecular weight is 166 g/mol. The van der Waals surface area contributed by atoms with Crippen LogP contribution < -0.4 is 5.73 Å². The summed E-state index contributed by atoms with van der Waals surface area (Å²) in [6.07, 6.45) is 0.855. The van der Waals surface area contributed by atoms with Gasteiger partial charge in [-0.1, -0.05) is 13.8 Å². The Kier molecular flexibility index (Phi) is 2.58. The number of aromatic nitrogens is 3. The van der Waals surface area contributed by atoms with Gasteiger partial charge in [-0.25, -0.2) is 4.98 Å². The van der Waals surface area contributed by atoms with Crippen LogP contribution in [-0.4, -0.2) is 15.0 Å². The average Bonchev–Trinajstić information content (AvgIpc) is 1.81. The van der Waals surface area contributed by atoms with Crippen LogP contribution in [0.15, 0.2) is 0 Å². The molecule has 0 aliphatic heterocycles. The third-order valence-electron chi connectivity index (χ3n) is 1.40. The fourth-order valence-corrected chi connectivity index (χ4v) is 1.02. The maximum atomic E-state index is 5.47. The first kappa shape index (κ1) is 8.90. The molecule has 0 spiro atoms. The number of hydrogen-bond donors (Lipinski definition) is 1. The summed E-state index contributed by atoms with van der Waals surface area (Å²) in [6, 6.07) is 0. The molecule has 0 aromatic carbocycles. The number of rotatable bonds is 2. The van der Waals surface area contributed by atoms with Gasteiger partial charge in [0.1, 0.15) is 11.6 Å². The van der Waals surface area contributed by atoms with E-state index >= 15 is 0 Å². The van der Waals surface area contributed by atoms with Crippen LogP contribution in [0.25, 0.3) is 0 Å². The van der Waals surface area contributed by atoms with Gasteiger partial charge in [-0.15, -0.1) is 0 Å². The summed E-state index contributed by atoms with van der Waals surface area (Å²) in [7, 11) is 0. The molecule has 1 heterocycles. The molecular weight excluding hydrogens is 152 g/mol. The zero-order valence-corrected chi connectivity index (χ0v) is 7.70. The molecule has 1 rings (SSSR count). The fourth-order valence-electron chi connectivity index (χ4n) is 1.02. The summed E-state index contributed by atoms with van der Waals surface area (Å²) in [4.78, 5) is 12.1. The maximum absolute atomic E-state index is 5.47. The smallest absolute Gasteiger partial charge is 0.223 e. The molecule has 0 radical (unpaired) electrons. The molecule has 0 saturated heterocycles. The van der Waals surface area contributed by atoms with E-state index < -0.39 is 0 Å². The molecule has 1 aromatic rings. The lowest BCUT2D eigenvalue weighted by molar-refractivity contribution is 0.616. The summed E-state index contributed by atoms with van der Waals surface area (Å²) in [5.74, 6) is 2.34. The number of hydrogen-bond acceptors (Lipinski definition) is 4. The second-order valence-corrected chi connectivity index (χ2v) is 3.26. The highest BCUT2D eigenvalue weighted by atomic mass is 15.1. The molecule has 0 aliphatic carbocycles. The highest BCUT2D eigenvalue weighted by Gasteiger charge is 2.03. The number of nitrogen functional groups attached to an aromatic ring is 1. The van der Waals surface area contributed by atoms with E-state index in [-0.39, 0.29) is 0 Å². The number of nitrogens with zero attached hydrogens (tertiary/aromatic N) is 3. The van der Waals surface area contributed by atoms with Crippen LogP contribution in [0.2, 0.25) is 0 Å². The Morgan fingerprint density at radius 3 is 2.42 bits per heavy atom. The van der Waals surface area contributed by atoms with E-state index in [0.717, 1.165) is 12.2 Å². The summed E-state index contributed by atoms with van der Waals surface area (Å²) >= 11 is 0. The Hall–Kier alpha value is -1.19. The molecule has 0 unspecified atom stereocenters. The van der Waals surface area contributed by atoms with Gasteiger partial charge in [0, 0.05) is 6.42 Å².